The summed E-state index contributed by atoms with van der Waals surface area (Å²) in [6.07, 6.45) is 0. The summed E-state index contributed by atoms with van der Waals surface area (Å²) in [5.41, 5.74) is 0.662. The van der Waals surface area contributed by atoms with Crippen LogP contribution in [-0.4, -0.2) is 29.5 Å². The maximum Gasteiger partial charge on any atom is 0.397 e. The standard InChI is InChI=1S/C24H18Cl4N2O6/c1-2-35-24(34)23(33)30-13-8-17(26)21(18(27)9-13)36-14-6-7-19(31)15(10-14)22(32)29-11-12-4-3-5-16(25)20(12)28/h3-10,31H,2,11H2,1H3,(H,29,32)(H,30,33). The lowest BCUT2D eigenvalue weighted by Gasteiger charge is -2.14. The molecule has 0 aliphatic heterocycles. The van der Waals surface area contributed by atoms with Crippen molar-refractivity contribution < 1.29 is 29.0 Å². The van der Waals surface area contributed by atoms with Gasteiger partial charge < -0.3 is 25.2 Å². The van der Waals surface area contributed by atoms with Crippen LogP contribution in [0.2, 0.25) is 20.1 Å². The summed E-state index contributed by atoms with van der Waals surface area (Å²) >= 11 is 24.7. The number of halogens is 4. The van der Waals surface area contributed by atoms with Crippen LogP contribution in [-0.2, 0) is 20.9 Å². The van der Waals surface area contributed by atoms with Crippen molar-refractivity contribution in [3.05, 3.63) is 79.7 Å². The first kappa shape index (κ1) is 27.4. The van der Waals surface area contributed by atoms with Gasteiger partial charge in [-0.25, -0.2) is 4.79 Å². The molecule has 0 heterocycles. The zero-order valence-corrected chi connectivity index (χ0v) is 21.6. The molecule has 0 unspecified atom stereocenters. The van der Waals surface area contributed by atoms with E-state index >= 15 is 0 Å². The highest BCUT2D eigenvalue weighted by atomic mass is 35.5. The van der Waals surface area contributed by atoms with Gasteiger partial charge in [0.05, 0.1) is 32.3 Å². The summed E-state index contributed by atoms with van der Waals surface area (Å²) in [4.78, 5) is 36.0. The Kier molecular flexibility index (Phi) is 9.28. The van der Waals surface area contributed by atoms with Crippen LogP contribution < -0.4 is 15.4 Å². The fourth-order valence-electron chi connectivity index (χ4n) is 2.94. The quantitative estimate of drug-likeness (QED) is 0.229. The van der Waals surface area contributed by atoms with E-state index in [0.29, 0.717) is 15.6 Å². The second-order valence-electron chi connectivity index (χ2n) is 7.12. The Labute approximate surface area is 226 Å². The molecule has 0 aliphatic rings. The third-order valence-electron chi connectivity index (χ3n) is 4.62. The van der Waals surface area contributed by atoms with Gasteiger partial charge >= 0.3 is 11.9 Å². The number of rotatable bonds is 7. The van der Waals surface area contributed by atoms with Gasteiger partial charge in [-0.1, -0.05) is 58.5 Å². The van der Waals surface area contributed by atoms with Crippen LogP contribution in [0.5, 0.6) is 17.2 Å². The molecule has 0 saturated carbocycles. The molecule has 0 radical (unpaired) electrons. The molecule has 0 atom stereocenters. The molecular weight excluding hydrogens is 554 g/mol. The number of amides is 2. The second-order valence-corrected chi connectivity index (χ2v) is 8.72. The molecule has 0 fully saturated rings. The van der Waals surface area contributed by atoms with Crippen LogP contribution in [0.4, 0.5) is 5.69 Å². The van der Waals surface area contributed by atoms with E-state index in [1.165, 1.54) is 30.3 Å². The van der Waals surface area contributed by atoms with Crippen molar-refractivity contribution in [1.82, 2.24) is 5.32 Å². The molecule has 3 aromatic carbocycles. The van der Waals surface area contributed by atoms with Gasteiger partial charge in [0.25, 0.3) is 5.91 Å². The molecule has 2 amide bonds. The van der Waals surface area contributed by atoms with Crippen molar-refractivity contribution in [2.45, 2.75) is 13.5 Å². The number of esters is 1. The Balaban J connectivity index is 1.75. The first-order chi connectivity index (χ1) is 17.1. The SMILES string of the molecule is CCOC(=O)C(=O)Nc1cc(Cl)c(Oc2ccc(O)c(C(=O)NCc3cccc(Cl)c3Cl)c2)c(Cl)c1. The fourth-order valence-corrected chi connectivity index (χ4v) is 3.89. The molecular formula is C24H18Cl4N2O6. The van der Waals surface area contributed by atoms with E-state index < -0.39 is 17.8 Å². The number of hydrogen-bond acceptors (Lipinski definition) is 6. The minimum Gasteiger partial charge on any atom is -0.507 e. The van der Waals surface area contributed by atoms with Crippen molar-refractivity contribution in [1.29, 1.82) is 0 Å². The second kappa shape index (κ2) is 12.2. The van der Waals surface area contributed by atoms with Crippen LogP contribution in [0.25, 0.3) is 0 Å². The molecule has 0 spiro atoms. The molecule has 0 saturated heterocycles. The van der Waals surface area contributed by atoms with E-state index in [1.54, 1.807) is 25.1 Å². The third-order valence-corrected chi connectivity index (χ3v) is 6.04. The highest BCUT2D eigenvalue weighted by Gasteiger charge is 2.19. The number of aromatic hydroxyl groups is 1. The minimum absolute atomic E-state index is 0.0105. The van der Waals surface area contributed by atoms with Gasteiger partial charge in [-0.2, -0.15) is 0 Å². The monoisotopic (exact) mass is 570 g/mol. The molecule has 0 aliphatic carbocycles. The molecule has 0 bridgehead atoms. The van der Waals surface area contributed by atoms with E-state index in [9.17, 15) is 19.5 Å². The van der Waals surface area contributed by atoms with Crippen molar-refractivity contribution in [2.24, 2.45) is 0 Å². The number of benzene rings is 3. The molecule has 36 heavy (non-hydrogen) atoms. The summed E-state index contributed by atoms with van der Waals surface area (Å²) in [6.45, 7) is 1.68. The Morgan fingerprint density at radius 2 is 1.64 bits per heavy atom. The lowest BCUT2D eigenvalue weighted by Crippen LogP contribution is -2.24. The smallest absolute Gasteiger partial charge is 0.397 e. The molecule has 188 valence electrons. The van der Waals surface area contributed by atoms with Crippen LogP contribution in [0.3, 0.4) is 0 Å². The number of nitrogens with one attached hydrogen (secondary N) is 2. The zero-order valence-electron chi connectivity index (χ0n) is 18.5. The van der Waals surface area contributed by atoms with Gasteiger partial charge in [0.15, 0.2) is 5.75 Å². The van der Waals surface area contributed by atoms with Crippen molar-refractivity contribution in [2.75, 3.05) is 11.9 Å². The van der Waals surface area contributed by atoms with Gasteiger partial charge in [-0.15, -0.1) is 0 Å². The Bertz CT molecular complexity index is 1310. The largest absolute Gasteiger partial charge is 0.507 e. The first-order valence-corrected chi connectivity index (χ1v) is 11.8. The van der Waals surface area contributed by atoms with E-state index in [1.807, 2.05) is 0 Å². The maximum atomic E-state index is 12.7. The average molecular weight is 572 g/mol. The Morgan fingerprint density at radius 3 is 2.31 bits per heavy atom. The van der Waals surface area contributed by atoms with Gasteiger partial charge in [-0.05, 0) is 48.9 Å². The van der Waals surface area contributed by atoms with E-state index in [4.69, 9.17) is 51.1 Å². The number of hydrogen-bond donors (Lipinski definition) is 3. The molecule has 0 aromatic heterocycles. The molecule has 3 aromatic rings. The lowest BCUT2D eigenvalue weighted by atomic mass is 10.1. The number of carbonyl (C=O) groups is 3. The van der Waals surface area contributed by atoms with E-state index in [2.05, 4.69) is 15.4 Å². The summed E-state index contributed by atoms with van der Waals surface area (Å²) in [7, 11) is 0. The Morgan fingerprint density at radius 1 is 0.944 bits per heavy atom. The van der Waals surface area contributed by atoms with Crippen LogP contribution >= 0.6 is 46.4 Å². The average Bonchev–Trinajstić information content (AvgIpc) is 2.83. The van der Waals surface area contributed by atoms with E-state index in [-0.39, 0.29) is 51.7 Å². The third kappa shape index (κ3) is 6.73. The number of anilines is 1. The topological polar surface area (TPSA) is 114 Å². The summed E-state index contributed by atoms with van der Waals surface area (Å²) < 4.78 is 10.4. The molecule has 3 rings (SSSR count). The zero-order chi connectivity index (χ0) is 26.4. The van der Waals surface area contributed by atoms with Crippen molar-refractivity contribution >= 4 is 69.9 Å². The Hall–Kier alpha value is -3.17. The molecule has 12 heteroatoms. The van der Waals surface area contributed by atoms with Gasteiger partial charge in [-0.3, -0.25) is 9.59 Å². The normalized spacial score (nSPS) is 10.5. The number of carbonyl (C=O) groups excluding carboxylic acids is 3. The molecule has 3 N–H and O–H groups in total. The van der Waals surface area contributed by atoms with Gasteiger partial charge in [0, 0.05) is 12.2 Å². The maximum absolute atomic E-state index is 12.7. The predicted molar refractivity (Wildman–Crippen MR) is 138 cm³/mol. The minimum atomic E-state index is -1.06. The number of phenols is 1. The highest BCUT2D eigenvalue weighted by Crippen LogP contribution is 2.39. The van der Waals surface area contributed by atoms with E-state index in [0.717, 1.165) is 0 Å². The predicted octanol–water partition coefficient (Wildman–Crippen LogP) is 6.23. The summed E-state index contributed by atoms with van der Waals surface area (Å²) in [6, 6.07) is 11.6. The summed E-state index contributed by atoms with van der Waals surface area (Å²) in [5, 5.41) is 15.8. The van der Waals surface area contributed by atoms with Crippen molar-refractivity contribution in [3.63, 3.8) is 0 Å². The highest BCUT2D eigenvalue weighted by molar-refractivity contribution is 6.42. The van der Waals surface area contributed by atoms with Gasteiger partial charge in [0.2, 0.25) is 0 Å². The van der Waals surface area contributed by atoms with Crippen LogP contribution in [0, 0.1) is 0 Å². The van der Waals surface area contributed by atoms with Gasteiger partial charge in [0.1, 0.15) is 11.5 Å². The first-order valence-electron chi connectivity index (χ1n) is 10.3. The lowest BCUT2D eigenvalue weighted by molar-refractivity contribution is -0.152. The van der Waals surface area contributed by atoms with Crippen LogP contribution in [0.15, 0.2) is 48.5 Å². The number of phenolic OH excluding ortho intramolecular Hbond substituents is 1. The molecule has 8 nitrogen and oxygen atoms in total. The van der Waals surface area contributed by atoms with Crippen LogP contribution in [0.1, 0.15) is 22.8 Å². The fraction of sp³-hybridized carbons (Fsp3) is 0.125. The van der Waals surface area contributed by atoms with Crippen molar-refractivity contribution in [3.8, 4) is 17.2 Å². The number of ether oxygens (including phenoxy) is 2. The summed E-state index contributed by atoms with van der Waals surface area (Å²) in [5.74, 6) is -2.76.